The SMILES string of the molecule is CCCC/C=C\CCCCCCCC(=O)OCC(COC(=O)CCCCCCCCC/C=C\CCCCCCCCC)OC(=O)CCCCCCCCC/C=C\C/C=C\CCCCC. The summed E-state index contributed by atoms with van der Waals surface area (Å²) in [5.41, 5.74) is 0. The zero-order chi connectivity index (χ0) is 46.5. The molecule has 64 heavy (non-hydrogen) atoms. The van der Waals surface area contributed by atoms with E-state index in [0.717, 1.165) is 77.0 Å². The van der Waals surface area contributed by atoms with Crippen LogP contribution in [0.5, 0.6) is 0 Å². The normalized spacial score (nSPS) is 12.4. The van der Waals surface area contributed by atoms with Gasteiger partial charge in [0.25, 0.3) is 0 Å². The van der Waals surface area contributed by atoms with Crippen LogP contribution in [0.2, 0.25) is 0 Å². The van der Waals surface area contributed by atoms with Crippen LogP contribution in [0, 0.1) is 0 Å². The molecule has 0 saturated carbocycles. The molecule has 1 unspecified atom stereocenters. The van der Waals surface area contributed by atoms with Crippen molar-refractivity contribution in [2.45, 2.75) is 290 Å². The fourth-order valence-electron chi connectivity index (χ4n) is 7.80. The van der Waals surface area contributed by atoms with Crippen molar-refractivity contribution >= 4 is 17.9 Å². The average molecular weight is 897 g/mol. The number of unbranched alkanes of at least 4 members (excludes halogenated alkanes) is 31. The Bertz CT molecular complexity index is 1120. The van der Waals surface area contributed by atoms with Crippen LogP contribution in [0.4, 0.5) is 0 Å². The average Bonchev–Trinajstić information content (AvgIpc) is 3.29. The molecule has 6 nitrogen and oxygen atoms in total. The number of carbonyl (C=O) groups excluding carboxylic acids is 3. The minimum atomic E-state index is -0.781. The number of ether oxygens (including phenoxy) is 3. The van der Waals surface area contributed by atoms with Gasteiger partial charge in [-0.05, 0) is 96.3 Å². The van der Waals surface area contributed by atoms with Crippen LogP contribution in [-0.2, 0) is 28.6 Å². The highest BCUT2D eigenvalue weighted by Crippen LogP contribution is 2.15. The van der Waals surface area contributed by atoms with Crippen molar-refractivity contribution < 1.29 is 28.6 Å². The summed E-state index contributed by atoms with van der Waals surface area (Å²) >= 11 is 0. The molecule has 0 N–H and O–H groups in total. The van der Waals surface area contributed by atoms with Crippen LogP contribution in [0.3, 0.4) is 0 Å². The second-order valence-electron chi connectivity index (χ2n) is 18.5. The lowest BCUT2D eigenvalue weighted by atomic mass is 10.1. The monoisotopic (exact) mass is 897 g/mol. The van der Waals surface area contributed by atoms with Crippen LogP contribution in [-0.4, -0.2) is 37.2 Å². The van der Waals surface area contributed by atoms with Crippen LogP contribution in [0.25, 0.3) is 0 Å². The molecule has 0 radical (unpaired) electrons. The van der Waals surface area contributed by atoms with Gasteiger partial charge in [0.15, 0.2) is 6.10 Å². The van der Waals surface area contributed by atoms with Crippen LogP contribution < -0.4 is 0 Å². The van der Waals surface area contributed by atoms with Gasteiger partial charge < -0.3 is 14.2 Å². The summed E-state index contributed by atoms with van der Waals surface area (Å²) in [7, 11) is 0. The van der Waals surface area contributed by atoms with Crippen molar-refractivity contribution in [1.82, 2.24) is 0 Å². The van der Waals surface area contributed by atoms with Crippen molar-refractivity contribution in [3.8, 4) is 0 Å². The van der Waals surface area contributed by atoms with Gasteiger partial charge in [0, 0.05) is 19.3 Å². The van der Waals surface area contributed by atoms with E-state index in [1.807, 2.05) is 0 Å². The first kappa shape index (κ1) is 61.4. The molecular weight excluding hydrogens is 793 g/mol. The van der Waals surface area contributed by atoms with Gasteiger partial charge in [-0.1, -0.05) is 217 Å². The summed E-state index contributed by atoms with van der Waals surface area (Å²) in [5.74, 6) is -0.893. The van der Waals surface area contributed by atoms with E-state index in [1.54, 1.807) is 0 Å². The van der Waals surface area contributed by atoms with Gasteiger partial charge in [-0.2, -0.15) is 0 Å². The quantitative estimate of drug-likeness (QED) is 0.0262. The van der Waals surface area contributed by atoms with Crippen molar-refractivity contribution in [3.05, 3.63) is 48.6 Å². The Hall–Kier alpha value is -2.63. The number of carbonyl (C=O) groups is 3. The van der Waals surface area contributed by atoms with E-state index >= 15 is 0 Å². The van der Waals surface area contributed by atoms with E-state index in [0.29, 0.717) is 19.3 Å². The number of hydrogen-bond donors (Lipinski definition) is 0. The first-order valence-corrected chi connectivity index (χ1v) is 27.6. The Kier molecular flexibility index (Phi) is 50.8. The van der Waals surface area contributed by atoms with Gasteiger partial charge in [0.05, 0.1) is 0 Å². The predicted octanol–water partition coefficient (Wildman–Crippen LogP) is 18.3. The van der Waals surface area contributed by atoms with Crippen LogP contribution in [0.15, 0.2) is 48.6 Å². The van der Waals surface area contributed by atoms with Crippen molar-refractivity contribution in [1.29, 1.82) is 0 Å². The largest absolute Gasteiger partial charge is 0.462 e. The molecule has 0 aromatic carbocycles. The third-order valence-corrected chi connectivity index (χ3v) is 12.0. The Morgan fingerprint density at radius 3 is 0.953 bits per heavy atom. The van der Waals surface area contributed by atoms with E-state index in [9.17, 15) is 14.4 Å². The third kappa shape index (κ3) is 50.4. The smallest absolute Gasteiger partial charge is 0.306 e. The maximum atomic E-state index is 12.8. The summed E-state index contributed by atoms with van der Waals surface area (Å²) in [6, 6.07) is 0. The molecule has 0 amide bonds. The Balaban J connectivity index is 4.35. The van der Waals surface area contributed by atoms with Crippen molar-refractivity contribution in [2.75, 3.05) is 13.2 Å². The molecule has 0 aliphatic carbocycles. The number of esters is 3. The Morgan fingerprint density at radius 1 is 0.312 bits per heavy atom. The summed E-state index contributed by atoms with van der Waals surface area (Å²) in [4.78, 5) is 38.0. The summed E-state index contributed by atoms with van der Waals surface area (Å²) in [6.07, 6.45) is 63.8. The molecule has 0 fully saturated rings. The zero-order valence-corrected chi connectivity index (χ0v) is 42.6. The first-order valence-electron chi connectivity index (χ1n) is 27.6. The summed E-state index contributed by atoms with van der Waals surface area (Å²) < 4.78 is 16.8. The van der Waals surface area contributed by atoms with Gasteiger partial charge in [-0.25, -0.2) is 0 Å². The topological polar surface area (TPSA) is 78.9 Å². The fraction of sp³-hybridized carbons (Fsp3) is 0.810. The van der Waals surface area contributed by atoms with E-state index < -0.39 is 6.10 Å². The van der Waals surface area contributed by atoms with Gasteiger partial charge in [-0.3, -0.25) is 14.4 Å². The summed E-state index contributed by atoms with van der Waals surface area (Å²) in [5, 5.41) is 0. The lowest BCUT2D eigenvalue weighted by Crippen LogP contribution is -2.30. The van der Waals surface area contributed by atoms with Crippen molar-refractivity contribution in [2.24, 2.45) is 0 Å². The molecule has 0 rings (SSSR count). The lowest BCUT2D eigenvalue weighted by Gasteiger charge is -2.18. The highest BCUT2D eigenvalue weighted by Gasteiger charge is 2.19. The predicted molar refractivity (Wildman–Crippen MR) is 275 cm³/mol. The number of hydrogen-bond acceptors (Lipinski definition) is 6. The molecule has 6 heteroatoms. The lowest BCUT2D eigenvalue weighted by molar-refractivity contribution is -0.167. The van der Waals surface area contributed by atoms with Gasteiger partial charge >= 0.3 is 17.9 Å². The van der Waals surface area contributed by atoms with E-state index in [1.165, 1.54) is 167 Å². The molecule has 372 valence electrons. The maximum absolute atomic E-state index is 12.8. The highest BCUT2D eigenvalue weighted by atomic mass is 16.6. The molecular formula is C58H104O6. The minimum absolute atomic E-state index is 0.0802. The van der Waals surface area contributed by atoms with Gasteiger partial charge in [-0.15, -0.1) is 0 Å². The molecule has 0 spiro atoms. The number of rotatable bonds is 50. The second kappa shape index (κ2) is 53.0. The highest BCUT2D eigenvalue weighted by molar-refractivity contribution is 5.71. The molecule has 0 bridgehead atoms. The van der Waals surface area contributed by atoms with Crippen LogP contribution in [0.1, 0.15) is 284 Å². The minimum Gasteiger partial charge on any atom is -0.462 e. The Morgan fingerprint density at radius 2 is 0.578 bits per heavy atom. The zero-order valence-electron chi connectivity index (χ0n) is 42.6. The molecule has 0 heterocycles. The van der Waals surface area contributed by atoms with Gasteiger partial charge in [0.2, 0.25) is 0 Å². The standard InChI is InChI=1S/C58H104O6/c1-4-7-10-13-16-19-22-24-26-28-30-31-33-36-39-42-45-48-51-57(60)63-54-55(53-62-56(59)50-47-44-41-38-35-21-18-15-12-9-6-3)64-58(61)52-49-46-43-40-37-34-32-29-27-25-23-20-17-14-11-8-5-2/h15,17-18,20,25-28,55H,4-14,16,19,21-24,29-54H2,1-3H3/b18-15-,20-17-,27-25-,28-26-. The van der Waals surface area contributed by atoms with Gasteiger partial charge in [0.1, 0.15) is 13.2 Å². The fourth-order valence-corrected chi connectivity index (χ4v) is 7.80. The first-order chi connectivity index (χ1) is 31.5. The molecule has 0 aromatic rings. The molecule has 0 aliphatic rings. The molecule has 0 saturated heterocycles. The second-order valence-corrected chi connectivity index (χ2v) is 18.5. The van der Waals surface area contributed by atoms with Crippen molar-refractivity contribution in [3.63, 3.8) is 0 Å². The molecule has 1 atom stereocenters. The number of allylic oxidation sites excluding steroid dienone is 8. The van der Waals surface area contributed by atoms with E-state index in [4.69, 9.17) is 14.2 Å². The third-order valence-electron chi connectivity index (χ3n) is 12.0. The van der Waals surface area contributed by atoms with E-state index in [2.05, 4.69) is 69.4 Å². The maximum Gasteiger partial charge on any atom is 0.306 e. The van der Waals surface area contributed by atoms with Crippen LogP contribution >= 0.6 is 0 Å². The van der Waals surface area contributed by atoms with E-state index in [-0.39, 0.29) is 31.1 Å². The summed E-state index contributed by atoms with van der Waals surface area (Å²) in [6.45, 7) is 6.58. The molecule has 0 aliphatic heterocycles. The molecule has 0 aromatic heterocycles. The Labute approximate surface area is 397 Å².